The standard InChI is InChI=1S/C15H18ClFN2/c1-2-13(18)8-11-6-7-19(9-11)10-12-4-3-5-14(17)15(12)16/h3-7,9,13H,2,8,10,18H2,1H3. The van der Waals surface area contributed by atoms with Gasteiger partial charge in [-0.25, -0.2) is 4.39 Å². The lowest BCUT2D eigenvalue weighted by molar-refractivity contribution is 0.624. The van der Waals surface area contributed by atoms with Crippen molar-refractivity contribution in [2.75, 3.05) is 0 Å². The second-order valence-electron chi connectivity index (χ2n) is 4.78. The Morgan fingerprint density at radius 2 is 2.16 bits per heavy atom. The highest BCUT2D eigenvalue weighted by atomic mass is 35.5. The summed E-state index contributed by atoms with van der Waals surface area (Å²) in [6.45, 7) is 2.64. The molecule has 0 bridgehead atoms. The van der Waals surface area contributed by atoms with Crippen LogP contribution >= 0.6 is 11.6 Å². The Hall–Kier alpha value is -1.32. The minimum absolute atomic E-state index is 0.189. The fourth-order valence-corrected chi connectivity index (χ4v) is 2.21. The zero-order valence-electron chi connectivity index (χ0n) is 10.9. The molecule has 19 heavy (non-hydrogen) atoms. The molecule has 1 heterocycles. The van der Waals surface area contributed by atoms with E-state index in [-0.39, 0.29) is 16.9 Å². The molecular formula is C15H18ClFN2. The van der Waals surface area contributed by atoms with Crippen molar-refractivity contribution in [3.8, 4) is 0 Å². The lowest BCUT2D eigenvalue weighted by atomic mass is 10.1. The van der Waals surface area contributed by atoms with E-state index in [1.54, 1.807) is 6.07 Å². The van der Waals surface area contributed by atoms with Gasteiger partial charge in [0.2, 0.25) is 0 Å². The van der Waals surface area contributed by atoms with Crippen molar-refractivity contribution in [3.63, 3.8) is 0 Å². The molecule has 102 valence electrons. The van der Waals surface area contributed by atoms with Gasteiger partial charge in [0.25, 0.3) is 0 Å². The molecule has 0 aliphatic rings. The van der Waals surface area contributed by atoms with E-state index in [2.05, 4.69) is 6.92 Å². The number of rotatable bonds is 5. The van der Waals surface area contributed by atoms with E-state index < -0.39 is 0 Å². The number of halogens is 2. The van der Waals surface area contributed by atoms with Gasteiger partial charge in [-0.05, 0) is 36.1 Å². The fourth-order valence-electron chi connectivity index (χ4n) is 2.02. The van der Waals surface area contributed by atoms with Crippen LogP contribution in [0.2, 0.25) is 5.02 Å². The zero-order chi connectivity index (χ0) is 13.8. The molecule has 2 nitrogen and oxygen atoms in total. The largest absolute Gasteiger partial charge is 0.350 e. The Bertz CT molecular complexity index is 551. The molecule has 1 aromatic carbocycles. The van der Waals surface area contributed by atoms with Gasteiger partial charge in [0, 0.05) is 25.0 Å². The molecule has 0 amide bonds. The molecule has 4 heteroatoms. The SMILES string of the molecule is CCC(N)Cc1ccn(Cc2cccc(F)c2Cl)c1. The summed E-state index contributed by atoms with van der Waals surface area (Å²) in [5, 5.41) is 0.197. The van der Waals surface area contributed by atoms with Gasteiger partial charge in [-0.1, -0.05) is 30.7 Å². The molecule has 2 rings (SSSR count). The Labute approximate surface area is 118 Å². The maximum atomic E-state index is 13.3. The molecule has 1 aromatic heterocycles. The Morgan fingerprint density at radius 1 is 1.37 bits per heavy atom. The molecule has 0 fully saturated rings. The lowest BCUT2D eigenvalue weighted by Crippen LogP contribution is -2.21. The zero-order valence-corrected chi connectivity index (χ0v) is 11.7. The maximum absolute atomic E-state index is 13.3. The Kier molecular flexibility index (Phi) is 4.61. The van der Waals surface area contributed by atoms with Gasteiger partial charge >= 0.3 is 0 Å². The van der Waals surface area contributed by atoms with Crippen molar-refractivity contribution >= 4 is 11.6 Å². The van der Waals surface area contributed by atoms with Crippen LogP contribution in [0.15, 0.2) is 36.7 Å². The number of nitrogens with zero attached hydrogens (tertiary/aromatic N) is 1. The summed E-state index contributed by atoms with van der Waals surface area (Å²) in [6.07, 6.45) is 5.83. The number of aromatic nitrogens is 1. The predicted octanol–water partition coefficient (Wildman–Crippen LogP) is 3.61. The molecule has 2 N–H and O–H groups in total. The lowest BCUT2D eigenvalue weighted by Gasteiger charge is -2.07. The van der Waals surface area contributed by atoms with Gasteiger partial charge < -0.3 is 10.3 Å². The van der Waals surface area contributed by atoms with Crippen molar-refractivity contribution in [1.29, 1.82) is 0 Å². The number of hydrogen-bond donors (Lipinski definition) is 1. The first-order chi connectivity index (χ1) is 9.10. The van der Waals surface area contributed by atoms with Crippen molar-refractivity contribution < 1.29 is 4.39 Å². The molecule has 0 saturated carbocycles. The molecule has 2 aromatic rings. The van der Waals surface area contributed by atoms with Gasteiger partial charge in [0.05, 0.1) is 5.02 Å². The third-order valence-electron chi connectivity index (χ3n) is 3.22. The second-order valence-corrected chi connectivity index (χ2v) is 5.16. The molecule has 0 spiro atoms. The van der Waals surface area contributed by atoms with E-state index >= 15 is 0 Å². The second kappa shape index (κ2) is 6.22. The van der Waals surface area contributed by atoms with Crippen LogP contribution < -0.4 is 5.73 Å². The summed E-state index contributed by atoms with van der Waals surface area (Å²) >= 11 is 5.95. The van der Waals surface area contributed by atoms with Gasteiger partial charge in [-0.2, -0.15) is 0 Å². The monoisotopic (exact) mass is 280 g/mol. The molecule has 0 saturated heterocycles. The van der Waals surface area contributed by atoms with Crippen LogP contribution in [0, 0.1) is 5.82 Å². The quantitative estimate of drug-likeness (QED) is 0.891. The Morgan fingerprint density at radius 3 is 2.89 bits per heavy atom. The Balaban J connectivity index is 2.09. The molecular weight excluding hydrogens is 263 g/mol. The molecule has 0 aliphatic heterocycles. The first-order valence-electron chi connectivity index (χ1n) is 6.43. The van der Waals surface area contributed by atoms with Gasteiger partial charge in [-0.3, -0.25) is 0 Å². The fraction of sp³-hybridized carbons (Fsp3) is 0.333. The summed E-state index contributed by atoms with van der Waals surface area (Å²) in [6, 6.07) is 7.11. The van der Waals surface area contributed by atoms with Crippen molar-refractivity contribution in [2.24, 2.45) is 5.73 Å². The summed E-state index contributed by atoms with van der Waals surface area (Å²) < 4.78 is 15.3. The average Bonchev–Trinajstić information content (AvgIpc) is 2.82. The van der Waals surface area contributed by atoms with Crippen molar-refractivity contribution in [1.82, 2.24) is 4.57 Å². The maximum Gasteiger partial charge on any atom is 0.142 e. The third kappa shape index (κ3) is 3.58. The molecule has 1 unspecified atom stereocenters. The molecule has 0 aliphatic carbocycles. The van der Waals surface area contributed by atoms with Crippen LogP contribution in [0.4, 0.5) is 4.39 Å². The van der Waals surface area contributed by atoms with Gasteiger partial charge in [0.1, 0.15) is 5.82 Å². The highest BCUT2D eigenvalue weighted by Gasteiger charge is 2.07. The summed E-state index contributed by atoms with van der Waals surface area (Å²) in [5.74, 6) is -0.375. The topological polar surface area (TPSA) is 30.9 Å². The first-order valence-corrected chi connectivity index (χ1v) is 6.81. The summed E-state index contributed by atoms with van der Waals surface area (Å²) in [5.41, 5.74) is 7.91. The van der Waals surface area contributed by atoms with Gasteiger partial charge in [0.15, 0.2) is 0 Å². The van der Waals surface area contributed by atoms with Crippen LogP contribution in [0.25, 0.3) is 0 Å². The van der Waals surface area contributed by atoms with Crippen LogP contribution in [-0.4, -0.2) is 10.6 Å². The van der Waals surface area contributed by atoms with Crippen LogP contribution in [0.1, 0.15) is 24.5 Å². The summed E-state index contributed by atoms with van der Waals surface area (Å²) in [4.78, 5) is 0. The summed E-state index contributed by atoms with van der Waals surface area (Å²) in [7, 11) is 0. The van der Waals surface area contributed by atoms with E-state index in [1.807, 2.05) is 29.1 Å². The predicted molar refractivity (Wildman–Crippen MR) is 76.9 cm³/mol. The van der Waals surface area contributed by atoms with Crippen molar-refractivity contribution in [2.45, 2.75) is 32.4 Å². The van der Waals surface area contributed by atoms with Crippen LogP contribution in [0.5, 0.6) is 0 Å². The first kappa shape index (κ1) is 14.1. The van der Waals surface area contributed by atoms with E-state index in [0.29, 0.717) is 6.54 Å². The minimum atomic E-state index is -0.375. The molecule has 1 atom stereocenters. The number of nitrogens with two attached hydrogens (primary N) is 1. The number of benzene rings is 1. The smallest absolute Gasteiger partial charge is 0.142 e. The van der Waals surface area contributed by atoms with E-state index in [1.165, 1.54) is 11.6 Å². The van der Waals surface area contributed by atoms with E-state index in [0.717, 1.165) is 18.4 Å². The van der Waals surface area contributed by atoms with Crippen LogP contribution in [-0.2, 0) is 13.0 Å². The highest BCUT2D eigenvalue weighted by Crippen LogP contribution is 2.21. The normalized spacial score (nSPS) is 12.6. The van der Waals surface area contributed by atoms with Gasteiger partial charge in [-0.15, -0.1) is 0 Å². The van der Waals surface area contributed by atoms with Crippen LogP contribution in [0.3, 0.4) is 0 Å². The van der Waals surface area contributed by atoms with Crippen molar-refractivity contribution in [3.05, 3.63) is 58.6 Å². The van der Waals surface area contributed by atoms with E-state index in [4.69, 9.17) is 17.3 Å². The number of hydrogen-bond acceptors (Lipinski definition) is 1. The molecule has 0 radical (unpaired) electrons. The average molecular weight is 281 g/mol. The third-order valence-corrected chi connectivity index (χ3v) is 3.64. The minimum Gasteiger partial charge on any atom is -0.350 e. The van der Waals surface area contributed by atoms with E-state index in [9.17, 15) is 4.39 Å². The highest BCUT2D eigenvalue weighted by molar-refractivity contribution is 6.31.